The molecule has 2 N–H and O–H groups in total. The number of aryl methyl sites for hydroxylation is 1. The molecule has 29 heavy (non-hydrogen) atoms. The first-order valence-corrected chi connectivity index (χ1v) is 10.2. The number of hydrogen-bond donors (Lipinski definition) is 2. The van der Waals surface area contributed by atoms with Crippen molar-refractivity contribution < 1.29 is 14.3 Å². The van der Waals surface area contributed by atoms with Crippen LogP contribution in [0.5, 0.6) is 5.75 Å². The van der Waals surface area contributed by atoms with Gasteiger partial charge in [0, 0.05) is 0 Å². The van der Waals surface area contributed by atoms with Crippen LogP contribution in [-0.2, 0) is 21.4 Å². The summed E-state index contributed by atoms with van der Waals surface area (Å²) >= 11 is 0. The van der Waals surface area contributed by atoms with E-state index in [-0.39, 0.29) is 36.4 Å². The standard InChI is InChI=1S/C24H30N2O3/c1-24(2,3)18-11-13-19(14-12-18)29-16-23(28)25-15-22(27)26-21-10-6-8-17-7-4-5-9-20(17)21/h4-5,7,9,11-14,21H,6,8,10,15-16H2,1-3H3,(H,25,28)(H,26,27). The molecule has 0 aromatic heterocycles. The van der Waals surface area contributed by atoms with E-state index in [9.17, 15) is 9.59 Å². The summed E-state index contributed by atoms with van der Waals surface area (Å²) in [5.41, 5.74) is 3.75. The van der Waals surface area contributed by atoms with Crippen LogP contribution in [-0.4, -0.2) is 25.0 Å². The highest BCUT2D eigenvalue weighted by Crippen LogP contribution is 2.29. The molecule has 0 fully saturated rings. The molecule has 2 aromatic rings. The summed E-state index contributed by atoms with van der Waals surface area (Å²) in [6.07, 6.45) is 3.02. The number of ether oxygens (including phenoxy) is 1. The van der Waals surface area contributed by atoms with Crippen molar-refractivity contribution in [1.29, 1.82) is 0 Å². The van der Waals surface area contributed by atoms with Crippen LogP contribution < -0.4 is 15.4 Å². The first-order valence-electron chi connectivity index (χ1n) is 10.2. The van der Waals surface area contributed by atoms with Gasteiger partial charge in [0.25, 0.3) is 5.91 Å². The predicted octanol–water partition coefficient (Wildman–Crippen LogP) is 3.67. The molecule has 0 radical (unpaired) electrons. The highest BCUT2D eigenvalue weighted by Gasteiger charge is 2.21. The van der Waals surface area contributed by atoms with Crippen LogP contribution in [0.25, 0.3) is 0 Å². The van der Waals surface area contributed by atoms with Gasteiger partial charge in [-0.05, 0) is 53.5 Å². The molecule has 1 atom stereocenters. The third kappa shape index (κ3) is 5.83. The van der Waals surface area contributed by atoms with Crippen molar-refractivity contribution in [3.8, 4) is 5.75 Å². The zero-order chi connectivity index (χ0) is 20.9. The number of carbonyl (C=O) groups is 2. The van der Waals surface area contributed by atoms with E-state index in [0.717, 1.165) is 19.3 Å². The average Bonchev–Trinajstić information content (AvgIpc) is 2.71. The summed E-state index contributed by atoms with van der Waals surface area (Å²) in [6, 6.07) is 15.9. The molecule has 3 rings (SSSR count). The summed E-state index contributed by atoms with van der Waals surface area (Å²) in [4.78, 5) is 24.3. The lowest BCUT2D eigenvalue weighted by atomic mass is 9.87. The van der Waals surface area contributed by atoms with Crippen molar-refractivity contribution in [2.75, 3.05) is 13.2 Å². The van der Waals surface area contributed by atoms with Gasteiger partial charge in [-0.2, -0.15) is 0 Å². The number of nitrogens with one attached hydrogen (secondary N) is 2. The number of amides is 2. The lowest BCUT2D eigenvalue weighted by Crippen LogP contribution is -2.40. The molecule has 0 aliphatic heterocycles. The second kappa shape index (κ2) is 9.12. The molecule has 5 heteroatoms. The van der Waals surface area contributed by atoms with Crippen molar-refractivity contribution in [1.82, 2.24) is 10.6 Å². The van der Waals surface area contributed by atoms with E-state index in [1.54, 1.807) is 0 Å². The van der Waals surface area contributed by atoms with E-state index < -0.39 is 0 Å². The first-order chi connectivity index (χ1) is 13.8. The van der Waals surface area contributed by atoms with Gasteiger partial charge in [-0.3, -0.25) is 9.59 Å². The number of rotatable bonds is 6. The third-order valence-corrected chi connectivity index (χ3v) is 5.24. The Morgan fingerprint density at radius 1 is 1.03 bits per heavy atom. The Morgan fingerprint density at radius 3 is 2.48 bits per heavy atom. The Kier molecular flexibility index (Phi) is 6.57. The van der Waals surface area contributed by atoms with Gasteiger partial charge in [0.05, 0.1) is 12.6 Å². The van der Waals surface area contributed by atoms with Crippen molar-refractivity contribution in [2.45, 2.75) is 51.5 Å². The molecule has 1 aliphatic carbocycles. The fourth-order valence-electron chi connectivity index (χ4n) is 3.58. The molecule has 0 spiro atoms. The Morgan fingerprint density at radius 2 is 1.76 bits per heavy atom. The molecule has 2 aromatic carbocycles. The SMILES string of the molecule is CC(C)(C)c1ccc(OCC(=O)NCC(=O)NC2CCCc3ccccc32)cc1. The maximum atomic E-state index is 12.3. The fourth-order valence-corrected chi connectivity index (χ4v) is 3.58. The van der Waals surface area contributed by atoms with Gasteiger partial charge < -0.3 is 15.4 Å². The molecule has 1 aliphatic rings. The lowest BCUT2D eigenvalue weighted by Gasteiger charge is -2.26. The van der Waals surface area contributed by atoms with Crippen LogP contribution in [0.15, 0.2) is 48.5 Å². The van der Waals surface area contributed by atoms with Gasteiger partial charge in [-0.1, -0.05) is 57.2 Å². The first kappa shape index (κ1) is 20.9. The summed E-state index contributed by atoms with van der Waals surface area (Å²) in [5.74, 6) is 0.134. The smallest absolute Gasteiger partial charge is 0.258 e. The molecule has 2 amide bonds. The van der Waals surface area contributed by atoms with Gasteiger partial charge in [0.2, 0.25) is 5.91 Å². The molecule has 5 nitrogen and oxygen atoms in total. The summed E-state index contributed by atoms with van der Waals surface area (Å²) in [6.45, 7) is 6.27. The van der Waals surface area contributed by atoms with Crippen molar-refractivity contribution in [3.05, 3.63) is 65.2 Å². The summed E-state index contributed by atoms with van der Waals surface area (Å²) in [5, 5.41) is 5.66. The average molecular weight is 395 g/mol. The fraction of sp³-hybridized carbons (Fsp3) is 0.417. The van der Waals surface area contributed by atoms with E-state index in [2.05, 4.69) is 43.5 Å². The van der Waals surface area contributed by atoms with Crippen molar-refractivity contribution in [2.24, 2.45) is 0 Å². The Hall–Kier alpha value is -2.82. The third-order valence-electron chi connectivity index (χ3n) is 5.24. The van der Waals surface area contributed by atoms with Gasteiger partial charge in [-0.15, -0.1) is 0 Å². The van der Waals surface area contributed by atoms with Gasteiger partial charge >= 0.3 is 0 Å². The molecular weight excluding hydrogens is 364 g/mol. The van der Waals surface area contributed by atoms with Gasteiger partial charge in [0.1, 0.15) is 5.75 Å². The highest BCUT2D eigenvalue weighted by atomic mass is 16.5. The topological polar surface area (TPSA) is 67.4 Å². The van der Waals surface area contributed by atoms with Crippen LogP contribution >= 0.6 is 0 Å². The normalized spacial score (nSPS) is 15.9. The number of benzene rings is 2. The lowest BCUT2D eigenvalue weighted by molar-refractivity contribution is -0.127. The molecule has 0 saturated carbocycles. The van der Waals surface area contributed by atoms with E-state index in [1.165, 1.54) is 16.7 Å². The molecule has 1 unspecified atom stereocenters. The number of fused-ring (bicyclic) bond motifs is 1. The maximum absolute atomic E-state index is 12.3. The molecule has 0 bridgehead atoms. The maximum Gasteiger partial charge on any atom is 0.258 e. The molecule has 0 saturated heterocycles. The van der Waals surface area contributed by atoms with Crippen LogP contribution in [0.1, 0.15) is 56.3 Å². The Labute approximate surface area is 172 Å². The summed E-state index contributed by atoms with van der Waals surface area (Å²) < 4.78 is 5.52. The number of carbonyl (C=O) groups excluding carboxylic acids is 2. The van der Waals surface area contributed by atoms with Crippen LogP contribution in [0.4, 0.5) is 0 Å². The zero-order valence-corrected chi connectivity index (χ0v) is 17.5. The van der Waals surface area contributed by atoms with E-state index >= 15 is 0 Å². The monoisotopic (exact) mass is 394 g/mol. The minimum Gasteiger partial charge on any atom is -0.484 e. The molecule has 0 heterocycles. The minimum atomic E-state index is -0.316. The van der Waals surface area contributed by atoms with E-state index in [0.29, 0.717) is 5.75 Å². The Balaban J connectivity index is 1.42. The van der Waals surface area contributed by atoms with Crippen LogP contribution in [0.2, 0.25) is 0 Å². The molecular formula is C24H30N2O3. The predicted molar refractivity (Wildman–Crippen MR) is 114 cm³/mol. The van der Waals surface area contributed by atoms with Crippen molar-refractivity contribution >= 4 is 11.8 Å². The van der Waals surface area contributed by atoms with E-state index in [4.69, 9.17) is 4.74 Å². The molecule has 154 valence electrons. The second-order valence-corrected chi connectivity index (χ2v) is 8.55. The van der Waals surface area contributed by atoms with Gasteiger partial charge in [-0.25, -0.2) is 0 Å². The second-order valence-electron chi connectivity index (χ2n) is 8.55. The Bertz CT molecular complexity index is 853. The minimum absolute atomic E-state index is 0.0157. The zero-order valence-electron chi connectivity index (χ0n) is 17.5. The van der Waals surface area contributed by atoms with Crippen LogP contribution in [0, 0.1) is 0 Å². The largest absolute Gasteiger partial charge is 0.484 e. The highest BCUT2D eigenvalue weighted by molar-refractivity contribution is 5.85. The van der Waals surface area contributed by atoms with E-state index in [1.807, 2.05) is 36.4 Å². The van der Waals surface area contributed by atoms with Crippen LogP contribution in [0.3, 0.4) is 0 Å². The number of hydrogen-bond acceptors (Lipinski definition) is 3. The summed E-state index contributed by atoms with van der Waals surface area (Å²) in [7, 11) is 0. The van der Waals surface area contributed by atoms with Gasteiger partial charge in [0.15, 0.2) is 6.61 Å². The quantitative estimate of drug-likeness (QED) is 0.786. The van der Waals surface area contributed by atoms with Crippen molar-refractivity contribution in [3.63, 3.8) is 0 Å².